The van der Waals surface area contributed by atoms with Crippen molar-refractivity contribution in [2.45, 2.75) is 88.9 Å². The molecular formula is C62H54N2. The first-order chi connectivity index (χ1) is 31.4. The van der Waals surface area contributed by atoms with Crippen molar-refractivity contribution in [1.82, 2.24) is 0 Å². The van der Waals surface area contributed by atoms with Gasteiger partial charge in [0.2, 0.25) is 0 Å². The van der Waals surface area contributed by atoms with Gasteiger partial charge in [0.15, 0.2) is 0 Å². The molecule has 7 aromatic rings. The predicted molar refractivity (Wildman–Crippen MR) is 268 cm³/mol. The Bertz CT molecular complexity index is 3120. The fraction of sp³-hybridized carbons (Fsp3) is 0.226. The fourth-order valence-corrected chi connectivity index (χ4v) is 12.8. The second kappa shape index (κ2) is 14.4. The normalized spacial score (nSPS) is 18.2. The molecule has 2 aliphatic heterocycles. The summed E-state index contributed by atoms with van der Waals surface area (Å²) in [5, 5.41) is 0. The Morgan fingerprint density at radius 3 is 1.55 bits per heavy atom. The van der Waals surface area contributed by atoms with E-state index in [1.807, 2.05) is 0 Å². The van der Waals surface area contributed by atoms with Crippen LogP contribution in [-0.4, -0.2) is 0 Å². The van der Waals surface area contributed by atoms with Gasteiger partial charge >= 0.3 is 0 Å². The average molecular weight is 827 g/mol. The Balaban J connectivity index is 0.825. The van der Waals surface area contributed by atoms with Crippen molar-refractivity contribution in [2.75, 3.05) is 9.80 Å². The zero-order chi connectivity index (χ0) is 42.6. The topological polar surface area (TPSA) is 6.48 Å². The highest BCUT2D eigenvalue weighted by Gasteiger charge is 2.45. The van der Waals surface area contributed by atoms with Crippen molar-refractivity contribution in [2.24, 2.45) is 0 Å². The van der Waals surface area contributed by atoms with E-state index in [-0.39, 0.29) is 10.8 Å². The van der Waals surface area contributed by atoms with Crippen molar-refractivity contribution in [1.29, 1.82) is 0 Å². The average Bonchev–Trinajstić information content (AvgIpc) is 3.91. The summed E-state index contributed by atoms with van der Waals surface area (Å²) < 4.78 is 0. The third-order valence-electron chi connectivity index (χ3n) is 16.0. The van der Waals surface area contributed by atoms with Gasteiger partial charge < -0.3 is 9.80 Å². The minimum Gasteiger partial charge on any atom is -0.310 e. The second-order valence-electron chi connectivity index (χ2n) is 19.8. The Hall–Kier alpha value is -6.64. The lowest BCUT2D eigenvalue weighted by atomic mass is 9.76. The number of allylic oxidation sites excluding steroid dienone is 3. The second-order valence-corrected chi connectivity index (χ2v) is 19.8. The van der Waals surface area contributed by atoms with Crippen LogP contribution < -0.4 is 9.80 Å². The molecule has 0 unspecified atom stereocenters. The number of aryl methyl sites for hydroxylation is 3. The van der Waals surface area contributed by atoms with E-state index in [9.17, 15) is 0 Å². The number of nitrogens with zero attached hydrogens (tertiary/aromatic N) is 2. The minimum absolute atomic E-state index is 0.0540. The molecule has 0 saturated heterocycles. The summed E-state index contributed by atoms with van der Waals surface area (Å²) in [5.41, 5.74) is 27.6. The lowest BCUT2D eigenvalue weighted by Crippen LogP contribution is -2.21. The van der Waals surface area contributed by atoms with E-state index in [0.717, 1.165) is 38.5 Å². The SMILES string of the molecule is CC1(C)c2cc(/C=C/c3ccc4c(c3)C3(CCCC3)c3cc(N5c6ccccc6CCc6ccccc65)ccc3-4)ccc2-c2ccc(N3C4=C(CCC=C4)CCc4ccccc43)cc21. The van der Waals surface area contributed by atoms with Crippen molar-refractivity contribution in [3.05, 3.63) is 219 Å². The van der Waals surface area contributed by atoms with Gasteiger partial charge in [-0.25, -0.2) is 0 Å². The van der Waals surface area contributed by atoms with Gasteiger partial charge in [0.25, 0.3) is 0 Å². The predicted octanol–water partition coefficient (Wildman–Crippen LogP) is 16.3. The number of hydrogen-bond donors (Lipinski definition) is 0. The van der Waals surface area contributed by atoms with E-state index in [4.69, 9.17) is 0 Å². The molecule has 0 radical (unpaired) electrons. The van der Waals surface area contributed by atoms with Gasteiger partial charge in [-0.1, -0.05) is 148 Å². The van der Waals surface area contributed by atoms with Crippen LogP contribution in [-0.2, 0) is 30.1 Å². The summed E-state index contributed by atoms with van der Waals surface area (Å²) in [5.74, 6) is 0. The minimum atomic E-state index is -0.125. The Labute approximate surface area is 378 Å². The molecule has 13 rings (SSSR count). The first-order valence-corrected chi connectivity index (χ1v) is 23.9. The maximum atomic E-state index is 2.57. The molecule has 1 spiro atoms. The van der Waals surface area contributed by atoms with Crippen LogP contribution in [0.3, 0.4) is 0 Å². The number of fused-ring (bicyclic) bond motifs is 11. The number of para-hydroxylation sites is 3. The van der Waals surface area contributed by atoms with Gasteiger partial charge in [0.05, 0.1) is 0 Å². The molecule has 0 N–H and O–H groups in total. The molecule has 7 aromatic carbocycles. The monoisotopic (exact) mass is 826 g/mol. The van der Waals surface area contributed by atoms with Crippen LogP contribution in [0.1, 0.15) is 109 Å². The number of hydrogen-bond acceptors (Lipinski definition) is 2. The molecule has 2 heterocycles. The fourth-order valence-electron chi connectivity index (χ4n) is 12.8. The summed E-state index contributed by atoms with van der Waals surface area (Å²) in [6.07, 6.45) is 21.1. The Kier molecular flexibility index (Phi) is 8.55. The molecule has 1 saturated carbocycles. The van der Waals surface area contributed by atoms with E-state index in [1.54, 1.807) is 5.57 Å². The van der Waals surface area contributed by atoms with Gasteiger partial charge in [-0.2, -0.15) is 0 Å². The first kappa shape index (κ1) is 37.9. The largest absolute Gasteiger partial charge is 0.310 e. The summed E-state index contributed by atoms with van der Waals surface area (Å²) in [4.78, 5) is 5.10. The van der Waals surface area contributed by atoms with Crippen LogP contribution in [0, 0.1) is 0 Å². The molecule has 1 fully saturated rings. The Morgan fingerprint density at radius 1 is 0.453 bits per heavy atom. The molecule has 312 valence electrons. The van der Waals surface area contributed by atoms with Crippen molar-refractivity contribution in [3.63, 3.8) is 0 Å². The Morgan fingerprint density at radius 2 is 0.922 bits per heavy atom. The maximum absolute atomic E-state index is 2.57. The standard InChI is InChI=1S/C62H54N2/c1-61(2)53-37-41(23-31-49(53)50-33-29-47(39-54(50)61)63-57-17-7-3-13-43(57)25-26-44-14-4-8-18-58(44)63)21-22-42-24-32-51-52-34-30-48(40-56(52)62(55(51)38-42)35-11-12-36-62)64-59-19-9-5-15-45(59)27-28-46-16-6-10-20-60(46)64/h3,5-10,13,15-24,29-34,37-40H,4,11-12,14,25-28,35-36H2,1-2H3/b22-21+. The number of rotatable bonds is 4. The van der Waals surface area contributed by atoms with Gasteiger partial charge in [-0.05, 0) is 178 Å². The summed E-state index contributed by atoms with van der Waals surface area (Å²) in [6, 6.07) is 56.2. The highest BCUT2D eigenvalue weighted by Crippen LogP contribution is 2.59. The van der Waals surface area contributed by atoms with Crippen LogP contribution in [0.5, 0.6) is 0 Å². The van der Waals surface area contributed by atoms with Crippen LogP contribution in [0.2, 0.25) is 0 Å². The molecule has 0 bridgehead atoms. The van der Waals surface area contributed by atoms with Crippen LogP contribution >= 0.6 is 0 Å². The smallest absolute Gasteiger partial charge is 0.0493 e. The summed E-state index contributed by atoms with van der Waals surface area (Å²) in [7, 11) is 0. The third kappa shape index (κ3) is 5.70. The quantitative estimate of drug-likeness (QED) is 0.163. The maximum Gasteiger partial charge on any atom is 0.0493 e. The van der Waals surface area contributed by atoms with Gasteiger partial charge in [0, 0.05) is 45.0 Å². The molecule has 2 heteroatoms. The van der Waals surface area contributed by atoms with E-state index < -0.39 is 0 Å². The summed E-state index contributed by atoms with van der Waals surface area (Å²) in [6.45, 7) is 4.84. The zero-order valence-corrected chi connectivity index (χ0v) is 37.1. The first-order valence-electron chi connectivity index (χ1n) is 23.9. The molecular weight excluding hydrogens is 773 g/mol. The molecule has 0 aromatic heterocycles. The molecule has 0 atom stereocenters. The molecule has 0 amide bonds. The molecule has 2 nitrogen and oxygen atoms in total. The van der Waals surface area contributed by atoms with Crippen LogP contribution in [0.4, 0.5) is 28.4 Å². The zero-order valence-electron chi connectivity index (χ0n) is 37.1. The van der Waals surface area contributed by atoms with Gasteiger partial charge in [-0.15, -0.1) is 0 Å². The van der Waals surface area contributed by atoms with Crippen LogP contribution in [0.15, 0.2) is 169 Å². The van der Waals surface area contributed by atoms with Crippen molar-refractivity contribution < 1.29 is 0 Å². The number of benzene rings is 7. The lowest BCUT2D eigenvalue weighted by molar-refractivity contribution is 0.550. The lowest BCUT2D eigenvalue weighted by Gasteiger charge is -2.31. The summed E-state index contributed by atoms with van der Waals surface area (Å²) >= 11 is 0. The van der Waals surface area contributed by atoms with E-state index >= 15 is 0 Å². The van der Waals surface area contributed by atoms with Crippen LogP contribution in [0.25, 0.3) is 34.4 Å². The van der Waals surface area contributed by atoms with Crippen molar-refractivity contribution in [3.8, 4) is 22.3 Å². The molecule has 6 aliphatic rings. The van der Waals surface area contributed by atoms with E-state index in [2.05, 4.69) is 194 Å². The van der Waals surface area contributed by atoms with E-state index in [1.165, 1.54) is 132 Å². The van der Waals surface area contributed by atoms with Gasteiger partial charge in [-0.3, -0.25) is 0 Å². The van der Waals surface area contributed by atoms with Gasteiger partial charge in [0.1, 0.15) is 0 Å². The molecule has 4 aliphatic carbocycles. The van der Waals surface area contributed by atoms with E-state index in [0.29, 0.717) is 0 Å². The highest BCUT2D eigenvalue weighted by molar-refractivity contribution is 5.90. The number of anilines is 5. The van der Waals surface area contributed by atoms with Crippen molar-refractivity contribution >= 4 is 40.6 Å². The third-order valence-corrected chi connectivity index (χ3v) is 16.0. The highest BCUT2D eigenvalue weighted by atomic mass is 15.2. The molecule has 64 heavy (non-hydrogen) atoms.